The molecule has 1 atom stereocenters. The number of aromatic nitrogens is 4. The van der Waals surface area contributed by atoms with Gasteiger partial charge in [-0.2, -0.15) is 0 Å². The first-order chi connectivity index (χ1) is 10.4. The van der Waals surface area contributed by atoms with Crippen LogP contribution in [0.1, 0.15) is 50.3 Å². The summed E-state index contributed by atoms with van der Waals surface area (Å²) in [6.07, 6.45) is 17.0. The molecule has 2 aromatic heterocycles. The minimum Gasteiger partial charge on any atom is -0.292 e. The molecule has 4 rings (SSSR count). The van der Waals surface area contributed by atoms with Crippen LogP contribution < -0.4 is 0 Å². The predicted molar refractivity (Wildman–Crippen MR) is 80.1 cm³/mol. The molecule has 0 N–H and O–H groups in total. The van der Waals surface area contributed by atoms with E-state index < -0.39 is 0 Å². The third-order valence-electron chi connectivity index (χ3n) is 4.86. The Balaban J connectivity index is 1.69. The second-order valence-electron chi connectivity index (χ2n) is 6.07. The van der Waals surface area contributed by atoms with Crippen molar-refractivity contribution in [3.05, 3.63) is 36.8 Å². The van der Waals surface area contributed by atoms with Crippen LogP contribution in [0.3, 0.4) is 0 Å². The normalized spacial score (nSPS) is 23.9. The largest absolute Gasteiger partial charge is 0.292 e. The van der Waals surface area contributed by atoms with E-state index in [4.69, 9.17) is 0 Å². The van der Waals surface area contributed by atoms with Gasteiger partial charge in [0.1, 0.15) is 12.0 Å². The SMILES string of the molecule is c1cn(-c2nccnc2C2CCCN2C2CCCC2)cn1. The van der Waals surface area contributed by atoms with Crippen LogP contribution in [0.25, 0.3) is 5.82 Å². The van der Waals surface area contributed by atoms with Crippen LogP contribution in [-0.2, 0) is 0 Å². The molecule has 3 heterocycles. The molecule has 21 heavy (non-hydrogen) atoms. The van der Waals surface area contributed by atoms with Crippen LogP contribution in [0.4, 0.5) is 0 Å². The molecule has 2 aromatic rings. The van der Waals surface area contributed by atoms with Crippen LogP contribution in [0.15, 0.2) is 31.1 Å². The van der Waals surface area contributed by atoms with Gasteiger partial charge in [-0.25, -0.2) is 9.97 Å². The van der Waals surface area contributed by atoms with E-state index in [1.165, 1.54) is 45.1 Å². The quantitative estimate of drug-likeness (QED) is 0.869. The van der Waals surface area contributed by atoms with Crippen LogP contribution in [-0.4, -0.2) is 37.0 Å². The zero-order chi connectivity index (χ0) is 14.1. The van der Waals surface area contributed by atoms with Gasteiger partial charge in [0.2, 0.25) is 0 Å². The summed E-state index contributed by atoms with van der Waals surface area (Å²) < 4.78 is 1.98. The van der Waals surface area contributed by atoms with E-state index in [2.05, 4.69) is 19.9 Å². The molecule has 1 aliphatic carbocycles. The van der Waals surface area contributed by atoms with Crippen LogP contribution in [0.5, 0.6) is 0 Å². The molecule has 0 radical (unpaired) electrons. The Hall–Kier alpha value is -1.75. The highest BCUT2D eigenvalue weighted by atomic mass is 15.2. The molecule has 1 aliphatic heterocycles. The van der Waals surface area contributed by atoms with Gasteiger partial charge in [0.15, 0.2) is 5.82 Å². The number of rotatable bonds is 3. The van der Waals surface area contributed by atoms with Gasteiger partial charge in [-0.1, -0.05) is 12.8 Å². The van der Waals surface area contributed by atoms with Crippen molar-refractivity contribution >= 4 is 0 Å². The zero-order valence-electron chi connectivity index (χ0n) is 12.2. The number of likely N-dealkylation sites (tertiary alicyclic amines) is 1. The van der Waals surface area contributed by atoms with Crippen molar-refractivity contribution in [1.82, 2.24) is 24.4 Å². The highest BCUT2D eigenvalue weighted by molar-refractivity contribution is 5.31. The highest BCUT2D eigenvalue weighted by Gasteiger charge is 2.35. The van der Waals surface area contributed by atoms with Gasteiger partial charge >= 0.3 is 0 Å². The smallest absolute Gasteiger partial charge is 0.161 e. The van der Waals surface area contributed by atoms with Crippen molar-refractivity contribution in [3.8, 4) is 5.82 Å². The van der Waals surface area contributed by atoms with Crippen molar-refractivity contribution in [2.45, 2.75) is 50.6 Å². The molecule has 1 saturated heterocycles. The Labute approximate surface area is 125 Å². The minimum absolute atomic E-state index is 0.416. The van der Waals surface area contributed by atoms with Gasteiger partial charge < -0.3 is 0 Å². The summed E-state index contributed by atoms with van der Waals surface area (Å²) in [7, 11) is 0. The topological polar surface area (TPSA) is 46.8 Å². The maximum Gasteiger partial charge on any atom is 0.161 e. The lowest BCUT2D eigenvalue weighted by atomic mass is 10.1. The number of hydrogen-bond acceptors (Lipinski definition) is 4. The van der Waals surface area contributed by atoms with E-state index in [1.807, 2.05) is 23.3 Å². The molecular weight excluding hydrogens is 262 g/mol. The third kappa shape index (κ3) is 2.35. The fourth-order valence-corrected chi connectivity index (χ4v) is 3.92. The van der Waals surface area contributed by atoms with Crippen molar-refractivity contribution in [1.29, 1.82) is 0 Å². The van der Waals surface area contributed by atoms with E-state index in [9.17, 15) is 0 Å². The Morgan fingerprint density at radius 2 is 1.81 bits per heavy atom. The molecule has 2 aliphatic rings. The molecule has 0 bridgehead atoms. The van der Waals surface area contributed by atoms with Crippen molar-refractivity contribution < 1.29 is 0 Å². The van der Waals surface area contributed by atoms with Crippen LogP contribution in [0, 0.1) is 0 Å². The summed E-state index contributed by atoms with van der Waals surface area (Å²) >= 11 is 0. The first-order valence-corrected chi connectivity index (χ1v) is 7.98. The van der Waals surface area contributed by atoms with E-state index in [1.54, 1.807) is 12.4 Å². The Morgan fingerprint density at radius 1 is 0.952 bits per heavy atom. The van der Waals surface area contributed by atoms with E-state index in [0.29, 0.717) is 6.04 Å². The van der Waals surface area contributed by atoms with Gasteiger partial charge in [-0.15, -0.1) is 0 Å². The highest BCUT2D eigenvalue weighted by Crippen LogP contribution is 2.38. The fourth-order valence-electron chi connectivity index (χ4n) is 3.92. The Kier molecular flexibility index (Phi) is 3.43. The van der Waals surface area contributed by atoms with Crippen LogP contribution >= 0.6 is 0 Å². The van der Waals surface area contributed by atoms with Gasteiger partial charge in [0.25, 0.3) is 0 Å². The first kappa shape index (κ1) is 13.0. The zero-order valence-corrected chi connectivity index (χ0v) is 12.2. The summed E-state index contributed by atoms with van der Waals surface area (Å²) in [6, 6.07) is 1.16. The minimum atomic E-state index is 0.416. The maximum atomic E-state index is 4.69. The van der Waals surface area contributed by atoms with Crippen molar-refractivity contribution in [3.63, 3.8) is 0 Å². The van der Waals surface area contributed by atoms with E-state index >= 15 is 0 Å². The van der Waals surface area contributed by atoms with E-state index in [0.717, 1.165) is 17.6 Å². The lowest BCUT2D eigenvalue weighted by Crippen LogP contribution is -2.33. The monoisotopic (exact) mass is 283 g/mol. The van der Waals surface area contributed by atoms with Crippen LogP contribution in [0.2, 0.25) is 0 Å². The first-order valence-electron chi connectivity index (χ1n) is 7.98. The van der Waals surface area contributed by atoms with Crippen molar-refractivity contribution in [2.24, 2.45) is 0 Å². The molecule has 0 amide bonds. The average molecular weight is 283 g/mol. The predicted octanol–water partition coefficient (Wildman–Crippen LogP) is 2.74. The maximum absolute atomic E-state index is 4.69. The average Bonchev–Trinajstić information content (AvgIpc) is 3.27. The van der Waals surface area contributed by atoms with Gasteiger partial charge in [-0.3, -0.25) is 14.5 Å². The summed E-state index contributed by atoms with van der Waals surface area (Å²) in [5, 5.41) is 0. The molecule has 5 heteroatoms. The summed E-state index contributed by atoms with van der Waals surface area (Å²) in [5.41, 5.74) is 1.11. The standard InChI is InChI=1S/C16H21N5/c1-2-5-13(4-1)21-10-3-6-14(21)15-16(19-8-7-18-15)20-11-9-17-12-20/h7-9,11-14H,1-6,10H2. The lowest BCUT2D eigenvalue weighted by Gasteiger charge is -2.30. The van der Waals surface area contributed by atoms with Crippen molar-refractivity contribution in [2.75, 3.05) is 6.54 Å². The molecule has 0 aromatic carbocycles. The molecule has 0 spiro atoms. The van der Waals surface area contributed by atoms with Gasteiger partial charge in [0, 0.05) is 30.8 Å². The molecular formula is C16H21N5. The number of hydrogen-bond donors (Lipinski definition) is 0. The second kappa shape index (κ2) is 5.56. The Morgan fingerprint density at radius 3 is 2.62 bits per heavy atom. The van der Waals surface area contributed by atoms with Gasteiger partial charge in [-0.05, 0) is 32.2 Å². The summed E-state index contributed by atoms with van der Waals surface area (Å²) in [4.78, 5) is 16.1. The number of nitrogens with zero attached hydrogens (tertiary/aromatic N) is 5. The Bertz CT molecular complexity index is 588. The summed E-state index contributed by atoms with van der Waals surface area (Å²) in [6.45, 7) is 1.20. The second-order valence-corrected chi connectivity index (χ2v) is 6.07. The van der Waals surface area contributed by atoms with E-state index in [-0.39, 0.29) is 0 Å². The molecule has 1 saturated carbocycles. The lowest BCUT2D eigenvalue weighted by molar-refractivity contribution is 0.179. The molecule has 1 unspecified atom stereocenters. The molecule has 110 valence electrons. The fraction of sp³-hybridized carbons (Fsp3) is 0.562. The third-order valence-corrected chi connectivity index (χ3v) is 4.86. The summed E-state index contributed by atoms with van der Waals surface area (Å²) in [5.74, 6) is 0.935. The van der Waals surface area contributed by atoms with Gasteiger partial charge in [0.05, 0.1) is 6.04 Å². The number of imidazole rings is 1. The molecule has 2 fully saturated rings. The molecule has 5 nitrogen and oxygen atoms in total.